The third kappa shape index (κ3) is 4.18. The van der Waals surface area contributed by atoms with E-state index in [4.69, 9.17) is 4.52 Å². The van der Waals surface area contributed by atoms with E-state index in [2.05, 4.69) is 32.2 Å². The van der Waals surface area contributed by atoms with Gasteiger partial charge in [-0.05, 0) is 32.2 Å². The van der Waals surface area contributed by atoms with E-state index in [1.165, 1.54) is 19.3 Å². The molecule has 1 aliphatic carbocycles. The predicted octanol–water partition coefficient (Wildman–Crippen LogP) is 2.46. The monoisotopic (exact) mass is 433 g/mol. The number of carbonyl (C=O) groups is 1. The van der Waals surface area contributed by atoms with E-state index < -0.39 is 0 Å². The summed E-state index contributed by atoms with van der Waals surface area (Å²) in [5.41, 5.74) is -0.130. The van der Waals surface area contributed by atoms with Crippen LogP contribution in [0.2, 0.25) is 0 Å². The molecule has 1 aromatic heterocycles. The van der Waals surface area contributed by atoms with Crippen molar-refractivity contribution < 1.29 is 9.32 Å². The molecule has 7 nitrogen and oxygen atoms in total. The van der Waals surface area contributed by atoms with Crippen LogP contribution in [0, 0.1) is 11.3 Å². The second-order valence-corrected chi connectivity index (χ2v) is 8.14. The number of halogens is 2. The Morgan fingerprint density at radius 3 is 2.71 bits per heavy atom. The van der Waals surface area contributed by atoms with Crippen molar-refractivity contribution in [3.05, 3.63) is 11.7 Å². The summed E-state index contributed by atoms with van der Waals surface area (Å²) in [5.74, 6) is 2.38. The first-order chi connectivity index (χ1) is 12.6. The number of hydrogen-bond acceptors (Lipinski definition) is 6. The molecule has 4 rings (SSSR count). The molecule has 0 radical (unpaired) electrons. The lowest BCUT2D eigenvalue weighted by atomic mass is 9.67. The van der Waals surface area contributed by atoms with Gasteiger partial charge in [-0.3, -0.25) is 9.69 Å². The van der Waals surface area contributed by atoms with Crippen molar-refractivity contribution in [2.75, 3.05) is 39.3 Å². The molecule has 3 fully saturated rings. The minimum Gasteiger partial charge on any atom is -0.340 e. The molecule has 2 aliphatic heterocycles. The minimum atomic E-state index is -0.130. The summed E-state index contributed by atoms with van der Waals surface area (Å²) >= 11 is 0. The van der Waals surface area contributed by atoms with E-state index in [-0.39, 0.29) is 36.3 Å². The van der Waals surface area contributed by atoms with Gasteiger partial charge < -0.3 is 14.7 Å². The highest BCUT2D eigenvalue weighted by atomic mass is 35.5. The standard InChI is InChI=1S/C19H31N5O2.2ClH/c1-3-16-21-17(26-22-16)14(2)23-8-10-24(11-9-23)18(25)19-7-5-4-6-15(19)12-20-13-19;;/h14-15,20H,3-13H2,1-2H3;2*1H/t14?,15-,19+;;/m0../s1. The summed E-state index contributed by atoms with van der Waals surface area (Å²) < 4.78 is 5.40. The number of fused-ring (bicyclic) bond motifs is 1. The lowest BCUT2D eigenvalue weighted by molar-refractivity contribution is -0.147. The van der Waals surface area contributed by atoms with Crippen LogP contribution in [0.4, 0.5) is 0 Å². The second kappa shape index (κ2) is 9.74. The second-order valence-electron chi connectivity index (χ2n) is 8.14. The maximum absolute atomic E-state index is 13.4. The first-order valence-electron chi connectivity index (χ1n) is 10.2. The number of nitrogens with one attached hydrogen (secondary N) is 1. The van der Waals surface area contributed by atoms with Crippen LogP contribution in [-0.2, 0) is 11.2 Å². The number of aryl methyl sites for hydroxylation is 1. The van der Waals surface area contributed by atoms with Crippen LogP contribution in [0.25, 0.3) is 0 Å². The minimum absolute atomic E-state index is 0. The fourth-order valence-electron chi connectivity index (χ4n) is 5.03. The number of nitrogens with zero attached hydrogens (tertiary/aromatic N) is 4. The van der Waals surface area contributed by atoms with Crippen LogP contribution < -0.4 is 5.32 Å². The molecule has 160 valence electrons. The molecule has 1 aromatic rings. The van der Waals surface area contributed by atoms with Gasteiger partial charge in [0.15, 0.2) is 5.82 Å². The molecular weight excluding hydrogens is 401 g/mol. The molecule has 0 spiro atoms. The molecule has 0 aromatic carbocycles. The van der Waals surface area contributed by atoms with Crippen LogP contribution in [0.3, 0.4) is 0 Å². The maximum Gasteiger partial charge on any atom is 0.243 e. The van der Waals surface area contributed by atoms with Gasteiger partial charge in [-0.25, -0.2) is 0 Å². The molecule has 1 N–H and O–H groups in total. The molecule has 3 atom stereocenters. The van der Waals surface area contributed by atoms with Crippen molar-refractivity contribution in [2.24, 2.45) is 11.3 Å². The summed E-state index contributed by atoms with van der Waals surface area (Å²) in [6.45, 7) is 9.35. The normalized spacial score (nSPS) is 28.8. The molecular formula is C19H33Cl2N5O2. The summed E-state index contributed by atoms with van der Waals surface area (Å²) in [7, 11) is 0. The zero-order valence-corrected chi connectivity index (χ0v) is 18.5. The third-order valence-electron chi connectivity index (χ3n) is 6.77. The van der Waals surface area contributed by atoms with Gasteiger partial charge in [0.2, 0.25) is 11.8 Å². The van der Waals surface area contributed by atoms with E-state index >= 15 is 0 Å². The summed E-state index contributed by atoms with van der Waals surface area (Å²) in [6.07, 6.45) is 5.51. The largest absolute Gasteiger partial charge is 0.340 e. The van der Waals surface area contributed by atoms with E-state index in [9.17, 15) is 4.79 Å². The molecule has 3 aliphatic rings. The number of aromatic nitrogens is 2. The molecule has 0 bridgehead atoms. The fourth-order valence-corrected chi connectivity index (χ4v) is 5.03. The Balaban J connectivity index is 0.00000140. The van der Waals surface area contributed by atoms with E-state index in [0.717, 1.165) is 57.9 Å². The Labute approximate surface area is 179 Å². The van der Waals surface area contributed by atoms with Crippen molar-refractivity contribution in [1.82, 2.24) is 25.3 Å². The number of hydrogen-bond donors (Lipinski definition) is 1. The molecule has 9 heteroatoms. The van der Waals surface area contributed by atoms with Crippen LogP contribution in [0.15, 0.2) is 4.52 Å². The average molecular weight is 434 g/mol. The van der Waals surface area contributed by atoms with Gasteiger partial charge in [0.25, 0.3) is 0 Å². The Morgan fingerprint density at radius 2 is 2.04 bits per heavy atom. The maximum atomic E-state index is 13.4. The first-order valence-corrected chi connectivity index (χ1v) is 10.2. The lowest BCUT2D eigenvalue weighted by Gasteiger charge is -2.44. The van der Waals surface area contributed by atoms with Crippen molar-refractivity contribution in [1.29, 1.82) is 0 Å². The first kappa shape index (κ1) is 23.4. The highest BCUT2D eigenvalue weighted by molar-refractivity contribution is 5.85. The highest BCUT2D eigenvalue weighted by Gasteiger charge is 2.51. The fraction of sp³-hybridized carbons (Fsp3) is 0.842. The number of piperazine rings is 1. The smallest absolute Gasteiger partial charge is 0.243 e. The zero-order chi connectivity index (χ0) is 18.1. The van der Waals surface area contributed by atoms with Gasteiger partial charge in [0.1, 0.15) is 0 Å². The van der Waals surface area contributed by atoms with Gasteiger partial charge >= 0.3 is 0 Å². The molecule has 1 amide bonds. The van der Waals surface area contributed by atoms with Crippen LogP contribution in [-0.4, -0.2) is 65.1 Å². The van der Waals surface area contributed by atoms with Crippen LogP contribution >= 0.6 is 24.8 Å². The molecule has 28 heavy (non-hydrogen) atoms. The summed E-state index contributed by atoms with van der Waals surface area (Å²) in [4.78, 5) is 22.3. The molecule has 3 heterocycles. The van der Waals surface area contributed by atoms with Crippen molar-refractivity contribution in [2.45, 2.75) is 52.0 Å². The Hall–Kier alpha value is -0.890. The molecule has 1 unspecified atom stereocenters. The van der Waals surface area contributed by atoms with Gasteiger partial charge in [-0.2, -0.15) is 4.98 Å². The van der Waals surface area contributed by atoms with Gasteiger partial charge in [0.05, 0.1) is 11.5 Å². The number of rotatable bonds is 4. The third-order valence-corrected chi connectivity index (χ3v) is 6.77. The average Bonchev–Trinajstić information content (AvgIpc) is 3.34. The van der Waals surface area contributed by atoms with Gasteiger partial charge in [-0.1, -0.05) is 24.9 Å². The predicted molar refractivity (Wildman–Crippen MR) is 112 cm³/mol. The number of carbonyl (C=O) groups excluding carboxylic acids is 1. The van der Waals surface area contributed by atoms with Crippen molar-refractivity contribution in [3.8, 4) is 0 Å². The van der Waals surface area contributed by atoms with Gasteiger partial charge in [0, 0.05) is 39.1 Å². The Bertz CT molecular complexity index is 650. The lowest BCUT2D eigenvalue weighted by Crippen LogP contribution is -2.56. The van der Waals surface area contributed by atoms with E-state index in [0.29, 0.717) is 17.7 Å². The topological polar surface area (TPSA) is 74.5 Å². The van der Waals surface area contributed by atoms with E-state index in [1.54, 1.807) is 0 Å². The summed E-state index contributed by atoms with van der Waals surface area (Å²) in [5, 5.41) is 7.50. The highest BCUT2D eigenvalue weighted by Crippen LogP contribution is 2.45. The van der Waals surface area contributed by atoms with Crippen molar-refractivity contribution in [3.63, 3.8) is 0 Å². The zero-order valence-electron chi connectivity index (χ0n) is 16.9. The summed E-state index contributed by atoms with van der Waals surface area (Å²) in [6, 6.07) is 0.105. The Morgan fingerprint density at radius 1 is 1.29 bits per heavy atom. The molecule has 1 saturated carbocycles. The quantitative estimate of drug-likeness (QED) is 0.785. The number of amides is 1. The SMILES string of the molecule is CCc1noc(C(C)N2CCN(C(=O)[C@@]34CCCC[C@H]3CNC4)CC2)n1.Cl.Cl. The van der Waals surface area contributed by atoms with Crippen molar-refractivity contribution >= 4 is 30.7 Å². The molecule has 2 saturated heterocycles. The Kier molecular flexibility index (Phi) is 8.14. The van der Waals surface area contributed by atoms with Crippen LogP contribution in [0.1, 0.15) is 57.3 Å². The van der Waals surface area contributed by atoms with Gasteiger partial charge in [-0.15, -0.1) is 24.8 Å². The van der Waals surface area contributed by atoms with E-state index in [1.807, 2.05) is 6.92 Å². The van der Waals surface area contributed by atoms with Crippen LogP contribution in [0.5, 0.6) is 0 Å².